The predicted molar refractivity (Wildman–Crippen MR) is 73.0 cm³/mol. The molecule has 0 spiro atoms. The van der Waals surface area contributed by atoms with Crippen LogP contribution in [0.25, 0.3) is 0 Å². The van der Waals surface area contributed by atoms with Crippen molar-refractivity contribution in [2.45, 2.75) is 31.3 Å². The van der Waals surface area contributed by atoms with Gasteiger partial charge in [0.15, 0.2) is 5.82 Å². The van der Waals surface area contributed by atoms with Gasteiger partial charge < -0.3 is 5.11 Å². The second kappa shape index (κ2) is 4.38. The highest BCUT2D eigenvalue weighted by Gasteiger charge is 2.56. The van der Waals surface area contributed by atoms with Gasteiger partial charge >= 0.3 is 0 Å². The van der Waals surface area contributed by atoms with Crippen molar-refractivity contribution in [2.24, 2.45) is 18.9 Å². The summed E-state index contributed by atoms with van der Waals surface area (Å²) in [5.41, 5.74) is 2.90. The molecular weight excluding hydrogens is 252 g/mol. The van der Waals surface area contributed by atoms with Gasteiger partial charge in [-0.05, 0) is 46.9 Å². The Bertz CT molecular complexity index is 638. The van der Waals surface area contributed by atoms with E-state index in [9.17, 15) is 5.11 Å². The molecule has 0 aliphatic heterocycles. The van der Waals surface area contributed by atoms with Gasteiger partial charge in [-0.25, -0.2) is 0 Å². The molecule has 4 atom stereocenters. The quantitative estimate of drug-likeness (QED) is 0.907. The molecule has 2 aliphatic carbocycles. The zero-order valence-corrected chi connectivity index (χ0v) is 11.5. The summed E-state index contributed by atoms with van der Waals surface area (Å²) < 4.78 is 0. The van der Waals surface area contributed by atoms with Gasteiger partial charge in [0.05, 0.1) is 13.2 Å². The van der Waals surface area contributed by atoms with Crippen molar-refractivity contribution in [3.8, 4) is 0 Å². The van der Waals surface area contributed by atoms with Gasteiger partial charge in [-0.2, -0.15) is 4.80 Å². The molecule has 1 fully saturated rings. The van der Waals surface area contributed by atoms with Crippen molar-refractivity contribution in [1.82, 2.24) is 20.2 Å². The van der Waals surface area contributed by atoms with Crippen LogP contribution in [0.1, 0.15) is 29.3 Å². The lowest BCUT2D eigenvalue weighted by Crippen LogP contribution is -2.16. The average molecular weight is 270 g/mol. The predicted octanol–water partition coefficient (Wildman–Crippen LogP) is 1.09. The van der Waals surface area contributed by atoms with E-state index in [2.05, 4.69) is 39.7 Å². The van der Waals surface area contributed by atoms with E-state index in [-0.39, 0.29) is 6.10 Å². The van der Waals surface area contributed by atoms with Gasteiger partial charge in [0.2, 0.25) is 0 Å². The normalized spacial score (nSPS) is 28.6. The van der Waals surface area contributed by atoms with Gasteiger partial charge in [-0.3, -0.25) is 0 Å². The number of tetrazole rings is 1. The monoisotopic (exact) mass is 270 g/mol. The summed E-state index contributed by atoms with van der Waals surface area (Å²) in [5, 5.41) is 22.4. The highest BCUT2D eigenvalue weighted by atomic mass is 16.3. The minimum atomic E-state index is -0.361. The van der Waals surface area contributed by atoms with E-state index in [4.69, 9.17) is 0 Å². The number of aliphatic hydroxyl groups excluding tert-OH is 1. The summed E-state index contributed by atoms with van der Waals surface area (Å²) in [6, 6.07) is 8.65. The molecule has 1 heterocycles. The maximum absolute atomic E-state index is 10.5. The molecule has 4 rings (SSSR count). The number of fused-ring (bicyclic) bond motifs is 3. The Kier molecular flexibility index (Phi) is 2.63. The molecule has 1 saturated carbocycles. The third kappa shape index (κ3) is 1.85. The number of aryl methyl sites for hydroxylation is 2. The van der Waals surface area contributed by atoms with E-state index < -0.39 is 0 Å². The number of aromatic nitrogens is 4. The van der Waals surface area contributed by atoms with Crippen LogP contribution in [-0.2, 0) is 19.9 Å². The minimum absolute atomic E-state index is 0.361. The Morgan fingerprint density at radius 2 is 2.25 bits per heavy atom. The fourth-order valence-corrected chi connectivity index (χ4v) is 3.87. The third-order valence-electron chi connectivity index (χ3n) is 4.78. The lowest BCUT2D eigenvalue weighted by molar-refractivity contribution is 0.140. The second-order valence-electron chi connectivity index (χ2n) is 5.97. The lowest BCUT2D eigenvalue weighted by Gasteiger charge is -2.13. The van der Waals surface area contributed by atoms with Gasteiger partial charge in [0.1, 0.15) is 0 Å². The number of benzene rings is 1. The number of nitrogens with zero attached hydrogens (tertiary/aromatic N) is 4. The van der Waals surface area contributed by atoms with Crippen LogP contribution in [-0.4, -0.2) is 31.4 Å². The molecule has 4 unspecified atom stereocenters. The molecule has 1 N–H and O–H groups in total. The number of hydrogen-bond acceptors (Lipinski definition) is 4. The average Bonchev–Trinajstić information content (AvgIpc) is 3.08. The fraction of sp³-hybridized carbons (Fsp3) is 0.533. The van der Waals surface area contributed by atoms with Crippen molar-refractivity contribution in [3.05, 3.63) is 41.2 Å². The fourth-order valence-electron chi connectivity index (χ4n) is 3.87. The molecule has 0 bridgehead atoms. The zero-order chi connectivity index (χ0) is 13.7. The van der Waals surface area contributed by atoms with Crippen LogP contribution in [0.4, 0.5) is 0 Å². The first-order chi connectivity index (χ1) is 9.74. The first-order valence-corrected chi connectivity index (χ1v) is 7.23. The molecule has 2 aromatic rings. The molecule has 0 amide bonds. The van der Waals surface area contributed by atoms with E-state index in [0.717, 1.165) is 6.42 Å². The standard InChI is InChI=1S/C15H18N4O/c1-19-17-13(16-18-19)8-12(20)15-11-7-6-9-4-2-3-5-10(9)14(11)15/h2-5,11-12,14-15,20H,6-8H2,1H3. The van der Waals surface area contributed by atoms with Crippen LogP contribution in [0.3, 0.4) is 0 Å². The summed E-state index contributed by atoms with van der Waals surface area (Å²) in [7, 11) is 1.75. The van der Waals surface area contributed by atoms with Gasteiger partial charge in [-0.1, -0.05) is 24.3 Å². The van der Waals surface area contributed by atoms with Crippen molar-refractivity contribution in [2.75, 3.05) is 0 Å². The van der Waals surface area contributed by atoms with Gasteiger partial charge in [-0.15, -0.1) is 10.2 Å². The molecule has 0 saturated heterocycles. The number of aliphatic hydroxyl groups is 1. The van der Waals surface area contributed by atoms with Crippen LogP contribution in [0.2, 0.25) is 0 Å². The van der Waals surface area contributed by atoms with Crippen molar-refractivity contribution in [3.63, 3.8) is 0 Å². The van der Waals surface area contributed by atoms with E-state index >= 15 is 0 Å². The molecule has 5 heteroatoms. The molecule has 1 aromatic heterocycles. The summed E-state index contributed by atoms with van der Waals surface area (Å²) in [6.07, 6.45) is 2.48. The largest absolute Gasteiger partial charge is 0.392 e. The highest BCUT2D eigenvalue weighted by Crippen LogP contribution is 2.61. The molecule has 1 aromatic carbocycles. The minimum Gasteiger partial charge on any atom is -0.392 e. The lowest BCUT2D eigenvalue weighted by atomic mass is 9.92. The van der Waals surface area contributed by atoms with Gasteiger partial charge in [0.25, 0.3) is 0 Å². The van der Waals surface area contributed by atoms with E-state index in [1.165, 1.54) is 22.3 Å². The molecule has 104 valence electrons. The van der Waals surface area contributed by atoms with Gasteiger partial charge in [0, 0.05) is 6.42 Å². The summed E-state index contributed by atoms with van der Waals surface area (Å²) in [4.78, 5) is 1.44. The van der Waals surface area contributed by atoms with Crippen LogP contribution < -0.4 is 0 Å². The first kappa shape index (κ1) is 12.0. The molecular formula is C15H18N4O. The Labute approximate surface area is 117 Å². The molecule has 0 radical (unpaired) electrons. The number of rotatable bonds is 3. The summed E-state index contributed by atoms with van der Waals surface area (Å²) in [6.45, 7) is 0. The second-order valence-corrected chi connectivity index (χ2v) is 5.97. The highest BCUT2D eigenvalue weighted by molar-refractivity contribution is 5.39. The topological polar surface area (TPSA) is 63.8 Å². The summed E-state index contributed by atoms with van der Waals surface area (Å²) in [5.74, 6) is 2.17. The van der Waals surface area contributed by atoms with Crippen molar-refractivity contribution in [1.29, 1.82) is 0 Å². The Morgan fingerprint density at radius 3 is 3.05 bits per heavy atom. The molecule has 5 nitrogen and oxygen atoms in total. The van der Waals surface area contributed by atoms with Crippen molar-refractivity contribution < 1.29 is 5.11 Å². The third-order valence-corrected chi connectivity index (χ3v) is 4.78. The molecule has 20 heavy (non-hydrogen) atoms. The van der Waals surface area contributed by atoms with E-state index in [0.29, 0.717) is 30.0 Å². The van der Waals surface area contributed by atoms with Crippen LogP contribution >= 0.6 is 0 Å². The Hall–Kier alpha value is -1.75. The summed E-state index contributed by atoms with van der Waals surface area (Å²) >= 11 is 0. The van der Waals surface area contributed by atoms with Crippen molar-refractivity contribution >= 4 is 0 Å². The maximum Gasteiger partial charge on any atom is 0.177 e. The first-order valence-electron chi connectivity index (χ1n) is 7.23. The SMILES string of the molecule is Cn1nnc(CC(O)C2C3CCc4ccccc4C32)n1. The molecule has 2 aliphatic rings. The van der Waals surface area contributed by atoms with E-state index in [1.54, 1.807) is 7.05 Å². The zero-order valence-electron chi connectivity index (χ0n) is 11.5. The maximum atomic E-state index is 10.5. The van der Waals surface area contributed by atoms with Crippen LogP contribution in [0, 0.1) is 11.8 Å². The Morgan fingerprint density at radius 1 is 1.40 bits per heavy atom. The smallest absolute Gasteiger partial charge is 0.177 e. The van der Waals surface area contributed by atoms with Crippen LogP contribution in [0.15, 0.2) is 24.3 Å². The Balaban J connectivity index is 1.52. The van der Waals surface area contributed by atoms with Crippen LogP contribution in [0.5, 0.6) is 0 Å². The number of hydrogen-bond donors (Lipinski definition) is 1. The van der Waals surface area contributed by atoms with E-state index in [1.807, 2.05) is 0 Å².